The fourth-order valence-electron chi connectivity index (χ4n) is 1.06. The van der Waals surface area contributed by atoms with Crippen LogP contribution in [0.5, 0.6) is 0 Å². The number of rotatable bonds is 1. The summed E-state index contributed by atoms with van der Waals surface area (Å²) >= 11 is 0. The summed E-state index contributed by atoms with van der Waals surface area (Å²) in [6, 6.07) is 5.28. The van der Waals surface area contributed by atoms with Crippen molar-refractivity contribution in [2.24, 2.45) is 0 Å². The van der Waals surface area contributed by atoms with Gasteiger partial charge in [0.1, 0.15) is 0 Å². The summed E-state index contributed by atoms with van der Waals surface area (Å²) < 4.78 is 36.4. The molecular weight excluding hydrogens is 191 g/mol. The van der Waals surface area contributed by atoms with E-state index in [0.717, 1.165) is 17.7 Å². The Labute approximate surface area is 81.5 Å². The van der Waals surface area contributed by atoms with Gasteiger partial charge in [-0.3, -0.25) is 0 Å². The van der Waals surface area contributed by atoms with E-state index in [1.807, 2.05) is 13.8 Å². The molecule has 0 unspecified atom stereocenters. The first-order valence-corrected chi connectivity index (χ1v) is 4.08. The predicted molar refractivity (Wildman–Crippen MR) is 50.6 cm³/mol. The van der Waals surface area contributed by atoms with Gasteiger partial charge in [0, 0.05) is 0 Å². The van der Waals surface area contributed by atoms with Crippen molar-refractivity contribution in [1.82, 2.24) is 6.15 Å². The molecule has 0 atom stereocenters. The fraction of sp³-hybridized carbons (Fsp3) is 0.400. The van der Waals surface area contributed by atoms with Crippen LogP contribution in [0.1, 0.15) is 30.9 Å². The van der Waals surface area contributed by atoms with Crippen LogP contribution < -0.4 is 6.15 Å². The van der Waals surface area contributed by atoms with Crippen molar-refractivity contribution in [3.05, 3.63) is 35.4 Å². The number of halogens is 3. The van der Waals surface area contributed by atoms with Crippen LogP contribution in [0.15, 0.2) is 24.3 Å². The second kappa shape index (κ2) is 4.46. The van der Waals surface area contributed by atoms with Gasteiger partial charge in [-0.05, 0) is 23.6 Å². The van der Waals surface area contributed by atoms with Gasteiger partial charge in [-0.2, -0.15) is 13.2 Å². The smallest absolute Gasteiger partial charge is 0.344 e. The third kappa shape index (κ3) is 3.03. The first kappa shape index (κ1) is 13.0. The molecule has 0 amide bonds. The van der Waals surface area contributed by atoms with E-state index in [1.165, 1.54) is 12.1 Å². The van der Waals surface area contributed by atoms with E-state index in [-0.39, 0.29) is 12.1 Å². The van der Waals surface area contributed by atoms with E-state index < -0.39 is 11.7 Å². The SMILES string of the molecule is CC(C)c1ccc(C(F)(F)F)cc1.N. The molecule has 1 rings (SSSR count). The summed E-state index contributed by atoms with van der Waals surface area (Å²) in [5.74, 6) is 0.266. The van der Waals surface area contributed by atoms with E-state index in [0.29, 0.717) is 0 Å². The molecule has 14 heavy (non-hydrogen) atoms. The van der Waals surface area contributed by atoms with Gasteiger partial charge in [-0.25, -0.2) is 0 Å². The summed E-state index contributed by atoms with van der Waals surface area (Å²) in [5, 5.41) is 0. The molecule has 0 aliphatic carbocycles. The first-order valence-electron chi connectivity index (χ1n) is 4.08. The lowest BCUT2D eigenvalue weighted by atomic mass is 10.0. The van der Waals surface area contributed by atoms with Crippen molar-refractivity contribution in [1.29, 1.82) is 0 Å². The molecule has 4 heteroatoms. The highest BCUT2D eigenvalue weighted by molar-refractivity contribution is 5.26. The molecule has 0 bridgehead atoms. The Morgan fingerprint density at radius 2 is 1.43 bits per heavy atom. The quantitative estimate of drug-likeness (QED) is 0.739. The summed E-state index contributed by atoms with van der Waals surface area (Å²) in [6.45, 7) is 3.89. The topological polar surface area (TPSA) is 35.0 Å². The summed E-state index contributed by atoms with van der Waals surface area (Å²) in [6.07, 6.45) is -4.23. The minimum atomic E-state index is -4.23. The Balaban J connectivity index is 0.00000169. The molecule has 0 aromatic heterocycles. The zero-order valence-electron chi connectivity index (χ0n) is 8.23. The highest BCUT2D eigenvalue weighted by atomic mass is 19.4. The van der Waals surface area contributed by atoms with Crippen LogP contribution in [-0.2, 0) is 6.18 Å². The van der Waals surface area contributed by atoms with Crippen LogP contribution in [0.2, 0.25) is 0 Å². The molecule has 3 N–H and O–H groups in total. The second-order valence-electron chi connectivity index (χ2n) is 3.27. The normalized spacial score (nSPS) is 11.3. The lowest BCUT2D eigenvalue weighted by Gasteiger charge is -2.09. The molecule has 0 aliphatic heterocycles. The molecule has 0 heterocycles. The van der Waals surface area contributed by atoms with Crippen molar-refractivity contribution in [2.75, 3.05) is 0 Å². The maximum Gasteiger partial charge on any atom is 0.416 e. The van der Waals surface area contributed by atoms with Crippen LogP contribution in [0.25, 0.3) is 0 Å². The van der Waals surface area contributed by atoms with Crippen molar-refractivity contribution < 1.29 is 13.2 Å². The van der Waals surface area contributed by atoms with Crippen LogP contribution in [-0.4, -0.2) is 0 Å². The van der Waals surface area contributed by atoms with Gasteiger partial charge in [0.05, 0.1) is 5.56 Å². The van der Waals surface area contributed by atoms with E-state index in [9.17, 15) is 13.2 Å². The molecule has 0 spiro atoms. The Hall–Kier alpha value is -1.03. The number of hydrogen-bond acceptors (Lipinski definition) is 1. The first-order chi connectivity index (χ1) is 5.91. The molecule has 1 aromatic rings. The van der Waals surface area contributed by atoms with E-state index >= 15 is 0 Å². The van der Waals surface area contributed by atoms with Crippen LogP contribution in [0.4, 0.5) is 13.2 Å². The van der Waals surface area contributed by atoms with Crippen molar-refractivity contribution in [3.8, 4) is 0 Å². The fourth-order valence-corrected chi connectivity index (χ4v) is 1.06. The van der Waals surface area contributed by atoms with Gasteiger partial charge in [-0.1, -0.05) is 26.0 Å². The summed E-state index contributed by atoms with van der Waals surface area (Å²) in [7, 11) is 0. The average Bonchev–Trinajstić information content (AvgIpc) is 2.03. The van der Waals surface area contributed by atoms with E-state index in [4.69, 9.17) is 0 Å². The zero-order chi connectivity index (χ0) is 10.1. The Morgan fingerprint density at radius 3 is 1.71 bits per heavy atom. The molecule has 0 saturated carbocycles. The largest absolute Gasteiger partial charge is 0.416 e. The van der Waals surface area contributed by atoms with Crippen LogP contribution in [0, 0.1) is 0 Å². The molecule has 80 valence electrons. The number of benzene rings is 1. The van der Waals surface area contributed by atoms with E-state index in [1.54, 1.807) is 0 Å². The maximum atomic E-state index is 12.1. The van der Waals surface area contributed by atoms with Crippen LogP contribution >= 0.6 is 0 Å². The Bertz CT molecular complexity index is 274. The molecule has 1 nitrogen and oxygen atoms in total. The molecule has 0 radical (unpaired) electrons. The molecular formula is C10H14F3N. The molecule has 1 aromatic carbocycles. The highest BCUT2D eigenvalue weighted by Crippen LogP contribution is 2.29. The standard InChI is InChI=1S/C10H11F3.H3N/c1-7(2)8-3-5-9(6-4-8)10(11,12)13;/h3-7H,1-2H3;1H3. The van der Waals surface area contributed by atoms with Crippen LogP contribution in [0.3, 0.4) is 0 Å². The number of alkyl halides is 3. The van der Waals surface area contributed by atoms with Crippen molar-refractivity contribution >= 4 is 0 Å². The second-order valence-corrected chi connectivity index (χ2v) is 3.27. The summed E-state index contributed by atoms with van der Waals surface area (Å²) in [5.41, 5.74) is 0.338. The van der Waals surface area contributed by atoms with Gasteiger partial charge in [0.2, 0.25) is 0 Å². The lowest BCUT2D eigenvalue weighted by molar-refractivity contribution is -0.137. The minimum absolute atomic E-state index is 0. The summed E-state index contributed by atoms with van der Waals surface area (Å²) in [4.78, 5) is 0. The Morgan fingerprint density at radius 1 is 1.00 bits per heavy atom. The number of hydrogen-bond donors (Lipinski definition) is 1. The van der Waals surface area contributed by atoms with Gasteiger partial charge < -0.3 is 6.15 Å². The predicted octanol–water partition coefficient (Wildman–Crippen LogP) is 3.99. The van der Waals surface area contributed by atoms with Gasteiger partial charge in [0.15, 0.2) is 0 Å². The molecule has 0 fully saturated rings. The van der Waals surface area contributed by atoms with E-state index in [2.05, 4.69) is 0 Å². The van der Waals surface area contributed by atoms with Gasteiger partial charge in [-0.15, -0.1) is 0 Å². The third-order valence-electron chi connectivity index (χ3n) is 1.90. The minimum Gasteiger partial charge on any atom is -0.344 e. The Kier molecular flexibility index (Phi) is 4.13. The van der Waals surface area contributed by atoms with Gasteiger partial charge in [0.25, 0.3) is 0 Å². The third-order valence-corrected chi connectivity index (χ3v) is 1.90. The highest BCUT2D eigenvalue weighted by Gasteiger charge is 2.29. The monoisotopic (exact) mass is 205 g/mol. The zero-order valence-corrected chi connectivity index (χ0v) is 8.23. The molecule has 0 aliphatic rings. The molecule has 0 saturated heterocycles. The average molecular weight is 205 g/mol. The maximum absolute atomic E-state index is 12.1. The van der Waals surface area contributed by atoms with Crippen molar-refractivity contribution in [2.45, 2.75) is 25.9 Å². The van der Waals surface area contributed by atoms with Gasteiger partial charge >= 0.3 is 6.18 Å². The lowest BCUT2D eigenvalue weighted by Crippen LogP contribution is -2.04. The van der Waals surface area contributed by atoms with Crippen molar-refractivity contribution in [3.63, 3.8) is 0 Å².